The van der Waals surface area contributed by atoms with Gasteiger partial charge in [0.05, 0.1) is 0 Å². The summed E-state index contributed by atoms with van der Waals surface area (Å²) >= 11 is 3.37. The maximum absolute atomic E-state index is 12.0. The Bertz CT molecular complexity index is 713. The number of hydrogen-bond acceptors (Lipinski definition) is 3. The number of nitrogens with one attached hydrogen (secondary N) is 1. The highest BCUT2D eigenvalue weighted by molar-refractivity contribution is 9.10. The van der Waals surface area contributed by atoms with E-state index in [4.69, 9.17) is 0 Å². The summed E-state index contributed by atoms with van der Waals surface area (Å²) in [5, 5.41) is 0. The first kappa shape index (κ1) is 15.0. The van der Waals surface area contributed by atoms with Crippen LogP contribution in [0.5, 0.6) is 0 Å². The summed E-state index contributed by atoms with van der Waals surface area (Å²) in [6.45, 7) is 2.90. The van der Waals surface area contributed by atoms with Gasteiger partial charge in [-0.05, 0) is 22.4 Å². The molecule has 0 atom stereocenters. The molecule has 2 aromatic rings. The predicted molar refractivity (Wildman–Crippen MR) is 82.1 cm³/mol. The van der Waals surface area contributed by atoms with E-state index in [1.54, 1.807) is 7.05 Å². The molecule has 2 heterocycles. The number of fused-ring (bicyclic) bond motifs is 1. The van der Waals surface area contributed by atoms with E-state index in [1.807, 2.05) is 4.57 Å². The Labute approximate surface area is 125 Å². The maximum atomic E-state index is 12.0. The molecule has 0 radical (unpaired) electrons. The summed E-state index contributed by atoms with van der Waals surface area (Å²) in [7, 11) is 1.60. The normalized spacial score (nSPS) is 11.3. The largest absolute Gasteiger partial charge is 0.329 e. The Morgan fingerprint density at radius 1 is 1.20 bits per heavy atom. The Kier molecular flexibility index (Phi) is 4.80. The second-order valence-electron chi connectivity index (χ2n) is 4.94. The molecular formula is C13H19BrN4O2. The summed E-state index contributed by atoms with van der Waals surface area (Å²) in [5.41, 5.74) is 0.0473. The van der Waals surface area contributed by atoms with Crippen LogP contribution in [-0.4, -0.2) is 19.1 Å². The minimum Gasteiger partial charge on any atom is -0.313 e. The average Bonchev–Trinajstić information content (AvgIpc) is 2.74. The van der Waals surface area contributed by atoms with Gasteiger partial charge < -0.3 is 4.57 Å². The number of aryl methyl sites for hydroxylation is 2. The molecule has 2 rings (SSSR count). The van der Waals surface area contributed by atoms with Gasteiger partial charge in [-0.3, -0.25) is 14.3 Å². The van der Waals surface area contributed by atoms with E-state index in [0.29, 0.717) is 15.9 Å². The van der Waals surface area contributed by atoms with Crippen LogP contribution in [0.15, 0.2) is 14.3 Å². The summed E-state index contributed by atoms with van der Waals surface area (Å²) in [6, 6.07) is 0. The van der Waals surface area contributed by atoms with Crippen molar-refractivity contribution in [1.29, 1.82) is 0 Å². The highest BCUT2D eigenvalue weighted by Crippen LogP contribution is 2.17. The van der Waals surface area contributed by atoms with Gasteiger partial charge in [0.1, 0.15) is 0 Å². The zero-order valence-electron chi connectivity index (χ0n) is 11.8. The van der Waals surface area contributed by atoms with Crippen LogP contribution < -0.4 is 11.2 Å². The number of halogens is 1. The molecule has 7 heteroatoms. The lowest BCUT2D eigenvalue weighted by molar-refractivity contribution is 0.569. The van der Waals surface area contributed by atoms with Crippen LogP contribution in [0, 0.1) is 0 Å². The number of rotatable bonds is 6. The van der Waals surface area contributed by atoms with Crippen molar-refractivity contribution < 1.29 is 0 Å². The number of H-pyrrole nitrogens is 1. The minimum atomic E-state index is -0.442. The highest BCUT2D eigenvalue weighted by atomic mass is 79.9. The van der Waals surface area contributed by atoms with Crippen LogP contribution in [0.1, 0.15) is 39.0 Å². The summed E-state index contributed by atoms with van der Waals surface area (Å²) in [4.78, 5) is 30.1. The lowest BCUT2D eigenvalue weighted by Gasteiger charge is -2.05. The number of unbranched alkanes of at least 4 members (excludes halogenated alkanes) is 4. The summed E-state index contributed by atoms with van der Waals surface area (Å²) < 4.78 is 3.78. The molecular weight excluding hydrogens is 324 g/mol. The fraction of sp³-hybridized carbons (Fsp3) is 0.615. The SMILES string of the molecule is CCCCCCCn1c(Br)nc2c1c(=O)[nH]c(=O)n2C. The molecule has 0 bridgehead atoms. The maximum Gasteiger partial charge on any atom is 0.329 e. The molecule has 2 aromatic heterocycles. The van der Waals surface area contributed by atoms with Crippen LogP contribution in [0.4, 0.5) is 0 Å². The van der Waals surface area contributed by atoms with Gasteiger partial charge >= 0.3 is 5.69 Å². The van der Waals surface area contributed by atoms with E-state index in [0.717, 1.165) is 19.4 Å². The third kappa shape index (κ3) is 2.87. The van der Waals surface area contributed by atoms with Crippen molar-refractivity contribution in [3.05, 3.63) is 25.6 Å². The first-order valence-corrected chi connectivity index (χ1v) is 7.70. The fourth-order valence-electron chi connectivity index (χ4n) is 2.29. The quantitative estimate of drug-likeness (QED) is 0.645. The third-order valence-corrected chi connectivity index (χ3v) is 4.05. The van der Waals surface area contributed by atoms with Crippen molar-refractivity contribution in [3.8, 4) is 0 Å². The standard InChI is InChI=1S/C13H19BrN4O2/c1-3-4-5-6-7-8-18-9-10(15-12(18)14)17(2)13(20)16-11(9)19/h3-8H2,1-2H3,(H,16,19,20). The molecule has 20 heavy (non-hydrogen) atoms. The van der Waals surface area contributed by atoms with Crippen molar-refractivity contribution in [3.63, 3.8) is 0 Å². The summed E-state index contributed by atoms with van der Waals surface area (Å²) in [6.07, 6.45) is 5.77. The number of imidazole rings is 1. The van der Waals surface area contributed by atoms with E-state index in [1.165, 1.54) is 23.8 Å². The van der Waals surface area contributed by atoms with Crippen molar-refractivity contribution in [2.24, 2.45) is 7.05 Å². The van der Waals surface area contributed by atoms with Crippen LogP contribution in [-0.2, 0) is 13.6 Å². The monoisotopic (exact) mass is 342 g/mol. The van der Waals surface area contributed by atoms with E-state index < -0.39 is 5.69 Å². The first-order valence-electron chi connectivity index (χ1n) is 6.91. The zero-order chi connectivity index (χ0) is 14.7. The molecule has 0 aliphatic carbocycles. The molecule has 0 saturated heterocycles. The molecule has 0 saturated carbocycles. The summed E-state index contributed by atoms with van der Waals surface area (Å²) in [5.74, 6) is 0. The van der Waals surface area contributed by atoms with Gasteiger partial charge in [0.2, 0.25) is 0 Å². The van der Waals surface area contributed by atoms with Crippen molar-refractivity contribution in [2.45, 2.75) is 45.6 Å². The Morgan fingerprint density at radius 3 is 2.60 bits per heavy atom. The molecule has 0 aliphatic heterocycles. The van der Waals surface area contributed by atoms with Crippen LogP contribution in [0.2, 0.25) is 0 Å². The van der Waals surface area contributed by atoms with Crippen molar-refractivity contribution in [2.75, 3.05) is 0 Å². The molecule has 0 spiro atoms. The number of aromatic amines is 1. The fourth-order valence-corrected chi connectivity index (χ4v) is 2.81. The molecule has 6 nitrogen and oxygen atoms in total. The predicted octanol–water partition coefficient (Wildman–Crippen LogP) is 2.16. The molecule has 110 valence electrons. The van der Waals surface area contributed by atoms with Gasteiger partial charge in [-0.15, -0.1) is 0 Å². The Hall–Kier alpha value is -1.37. The van der Waals surface area contributed by atoms with E-state index in [-0.39, 0.29) is 5.56 Å². The van der Waals surface area contributed by atoms with Crippen molar-refractivity contribution >= 4 is 27.1 Å². The lowest BCUT2D eigenvalue weighted by Crippen LogP contribution is -2.29. The van der Waals surface area contributed by atoms with Crippen molar-refractivity contribution in [1.82, 2.24) is 19.1 Å². The van der Waals surface area contributed by atoms with E-state index in [9.17, 15) is 9.59 Å². The lowest BCUT2D eigenvalue weighted by atomic mass is 10.1. The number of aromatic nitrogens is 4. The Morgan fingerprint density at radius 2 is 1.90 bits per heavy atom. The molecule has 0 amide bonds. The molecule has 0 aromatic carbocycles. The van der Waals surface area contributed by atoms with E-state index >= 15 is 0 Å². The topological polar surface area (TPSA) is 72.7 Å². The van der Waals surface area contributed by atoms with Gasteiger partial charge in [0.15, 0.2) is 15.9 Å². The average molecular weight is 343 g/mol. The number of nitrogens with zero attached hydrogens (tertiary/aromatic N) is 3. The molecule has 0 aliphatic rings. The highest BCUT2D eigenvalue weighted by Gasteiger charge is 2.15. The Balaban J connectivity index is 2.30. The van der Waals surface area contributed by atoms with Crippen LogP contribution in [0.3, 0.4) is 0 Å². The minimum absolute atomic E-state index is 0.380. The zero-order valence-corrected chi connectivity index (χ0v) is 13.4. The van der Waals surface area contributed by atoms with Crippen LogP contribution in [0.25, 0.3) is 11.2 Å². The van der Waals surface area contributed by atoms with E-state index in [2.05, 4.69) is 32.8 Å². The van der Waals surface area contributed by atoms with Gasteiger partial charge in [-0.25, -0.2) is 9.78 Å². The second-order valence-corrected chi connectivity index (χ2v) is 5.65. The van der Waals surface area contributed by atoms with Gasteiger partial charge in [0, 0.05) is 13.6 Å². The number of hydrogen-bond donors (Lipinski definition) is 1. The van der Waals surface area contributed by atoms with Gasteiger partial charge in [-0.2, -0.15) is 0 Å². The molecule has 1 N–H and O–H groups in total. The van der Waals surface area contributed by atoms with Gasteiger partial charge in [-0.1, -0.05) is 32.6 Å². The van der Waals surface area contributed by atoms with Crippen LogP contribution >= 0.6 is 15.9 Å². The second kappa shape index (κ2) is 6.39. The van der Waals surface area contributed by atoms with Gasteiger partial charge in [0.25, 0.3) is 5.56 Å². The third-order valence-electron chi connectivity index (χ3n) is 3.45. The first-order chi connectivity index (χ1) is 9.56. The molecule has 0 unspecified atom stereocenters. The smallest absolute Gasteiger partial charge is 0.313 e. The molecule has 0 fully saturated rings.